The van der Waals surface area contributed by atoms with E-state index in [0.717, 1.165) is 0 Å². The molecule has 0 saturated heterocycles. The summed E-state index contributed by atoms with van der Waals surface area (Å²) in [5.74, 6) is -0.445. The minimum absolute atomic E-state index is 0.0764. The van der Waals surface area contributed by atoms with Crippen LogP contribution in [-0.2, 0) is 4.74 Å². The van der Waals surface area contributed by atoms with Crippen molar-refractivity contribution in [3.8, 4) is 0 Å². The van der Waals surface area contributed by atoms with Crippen LogP contribution in [0.1, 0.15) is 16.1 Å². The lowest BCUT2D eigenvalue weighted by Crippen LogP contribution is -2.14. The van der Waals surface area contributed by atoms with Gasteiger partial charge in [0.25, 0.3) is 5.56 Å². The van der Waals surface area contributed by atoms with Crippen LogP contribution in [0.5, 0.6) is 0 Å². The van der Waals surface area contributed by atoms with Crippen LogP contribution in [0.4, 0.5) is 0 Å². The number of esters is 1. The Bertz CT molecular complexity index is 322. The van der Waals surface area contributed by atoms with Crippen LogP contribution in [0.15, 0.2) is 9.32 Å². The lowest BCUT2D eigenvalue weighted by Gasteiger charge is -1.91. The van der Waals surface area contributed by atoms with Gasteiger partial charge in [-0.3, -0.25) is 4.79 Å². The molecule has 0 fully saturated rings. The number of ether oxygens (including phenoxy) is 1. The van der Waals surface area contributed by atoms with Crippen molar-refractivity contribution in [1.29, 1.82) is 0 Å². The minimum Gasteiger partial charge on any atom is -0.465 e. The molecule has 1 rings (SSSR count). The molecule has 1 aromatic rings. The van der Waals surface area contributed by atoms with Gasteiger partial charge in [0, 0.05) is 0 Å². The topological polar surface area (TPSA) is 72.3 Å². The molecule has 0 atom stereocenters. The summed E-state index contributed by atoms with van der Waals surface area (Å²) >= 11 is 0. The third kappa shape index (κ3) is 1.17. The fourth-order valence-electron chi connectivity index (χ4n) is 0.723. The van der Waals surface area contributed by atoms with E-state index in [1.807, 2.05) is 5.16 Å². The van der Waals surface area contributed by atoms with Crippen LogP contribution in [0.3, 0.4) is 0 Å². The van der Waals surface area contributed by atoms with Crippen molar-refractivity contribution in [1.82, 2.24) is 5.16 Å². The van der Waals surface area contributed by atoms with E-state index in [9.17, 15) is 9.59 Å². The van der Waals surface area contributed by atoms with Crippen molar-refractivity contribution in [2.45, 2.75) is 6.92 Å². The Kier molecular flexibility index (Phi) is 1.80. The molecule has 0 bridgehead atoms. The summed E-state index contributed by atoms with van der Waals surface area (Å²) in [4.78, 5) is 21.6. The SMILES string of the molecule is COC(=O)c1c(C)o[nH]c1=O. The van der Waals surface area contributed by atoms with Gasteiger partial charge in [0.15, 0.2) is 5.56 Å². The van der Waals surface area contributed by atoms with Crippen molar-refractivity contribution in [3.05, 3.63) is 21.7 Å². The zero-order valence-corrected chi connectivity index (χ0v) is 6.13. The van der Waals surface area contributed by atoms with Crippen LogP contribution in [0.25, 0.3) is 0 Å². The molecule has 0 radical (unpaired) electrons. The van der Waals surface area contributed by atoms with Gasteiger partial charge in [0.1, 0.15) is 5.76 Å². The molecular formula is C6H7NO4. The number of hydrogen-bond acceptors (Lipinski definition) is 4. The molecule has 60 valence electrons. The highest BCUT2D eigenvalue weighted by molar-refractivity contribution is 5.89. The summed E-state index contributed by atoms with van der Waals surface area (Å²) in [6.45, 7) is 1.50. The highest BCUT2D eigenvalue weighted by Crippen LogP contribution is 2.00. The summed E-state index contributed by atoms with van der Waals surface area (Å²) in [5.41, 5.74) is -0.637. The maximum atomic E-state index is 10.8. The van der Waals surface area contributed by atoms with Crippen LogP contribution < -0.4 is 5.56 Å². The van der Waals surface area contributed by atoms with E-state index in [1.54, 1.807) is 0 Å². The molecule has 0 aromatic carbocycles. The number of nitrogens with one attached hydrogen (secondary N) is 1. The zero-order valence-electron chi connectivity index (χ0n) is 6.13. The number of carbonyl (C=O) groups is 1. The molecule has 0 aliphatic carbocycles. The predicted octanol–water partition coefficient (Wildman–Crippen LogP) is 0.0629. The van der Waals surface area contributed by atoms with E-state index in [1.165, 1.54) is 14.0 Å². The van der Waals surface area contributed by atoms with E-state index < -0.39 is 11.5 Å². The van der Waals surface area contributed by atoms with Gasteiger partial charge in [0.2, 0.25) is 0 Å². The second kappa shape index (κ2) is 2.61. The highest BCUT2D eigenvalue weighted by atomic mass is 16.5. The zero-order chi connectivity index (χ0) is 8.43. The average Bonchev–Trinajstić information content (AvgIpc) is 2.30. The minimum atomic E-state index is -0.683. The number of methoxy groups -OCH3 is 1. The lowest BCUT2D eigenvalue weighted by atomic mass is 10.3. The predicted molar refractivity (Wildman–Crippen MR) is 35.4 cm³/mol. The van der Waals surface area contributed by atoms with Crippen molar-refractivity contribution >= 4 is 5.97 Å². The number of aromatic nitrogens is 1. The normalized spacial score (nSPS) is 9.64. The number of H-pyrrole nitrogens is 1. The molecule has 0 saturated carbocycles. The number of aryl methyl sites for hydroxylation is 1. The standard InChI is InChI=1S/C6H7NO4/c1-3-4(6(9)10-2)5(8)7-11-3/h1-2H3,(H,7,8). The summed E-state index contributed by atoms with van der Waals surface area (Å²) < 4.78 is 8.92. The maximum Gasteiger partial charge on any atom is 0.347 e. The van der Waals surface area contributed by atoms with E-state index in [-0.39, 0.29) is 11.3 Å². The Hall–Kier alpha value is -1.52. The quantitative estimate of drug-likeness (QED) is 0.585. The second-order valence-electron chi connectivity index (χ2n) is 1.96. The van der Waals surface area contributed by atoms with Gasteiger partial charge in [-0.15, -0.1) is 0 Å². The van der Waals surface area contributed by atoms with Crippen molar-refractivity contribution in [2.24, 2.45) is 0 Å². The summed E-state index contributed by atoms with van der Waals surface area (Å²) in [6, 6.07) is 0. The first-order valence-electron chi connectivity index (χ1n) is 2.93. The van der Waals surface area contributed by atoms with Crippen LogP contribution in [0, 0.1) is 6.92 Å². The van der Waals surface area contributed by atoms with Crippen molar-refractivity contribution < 1.29 is 14.1 Å². The van der Waals surface area contributed by atoms with Gasteiger partial charge < -0.3 is 9.26 Å². The first-order chi connectivity index (χ1) is 5.16. The molecular weight excluding hydrogens is 150 g/mol. The fourth-order valence-corrected chi connectivity index (χ4v) is 0.723. The molecule has 0 unspecified atom stereocenters. The molecule has 1 aromatic heterocycles. The molecule has 1 N–H and O–H groups in total. The summed E-state index contributed by atoms with van der Waals surface area (Å²) in [7, 11) is 1.20. The number of hydrogen-bond donors (Lipinski definition) is 1. The first kappa shape index (κ1) is 7.59. The van der Waals surface area contributed by atoms with Gasteiger partial charge in [0.05, 0.1) is 7.11 Å². The van der Waals surface area contributed by atoms with Crippen LogP contribution in [0.2, 0.25) is 0 Å². The van der Waals surface area contributed by atoms with Gasteiger partial charge >= 0.3 is 5.97 Å². The molecule has 11 heavy (non-hydrogen) atoms. The molecule has 5 nitrogen and oxygen atoms in total. The third-order valence-corrected chi connectivity index (χ3v) is 1.27. The van der Waals surface area contributed by atoms with Crippen LogP contribution in [-0.4, -0.2) is 18.2 Å². The van der Waals surface area contributed by atoms with E-state index in [2.05, 4.69) is 9.26 Å². The molecule has 0 aliphatic heterocycles. The van der Waals surface area contributed by atoms with Crippen molar-refractivity contribution in [2.75, 3.05) is 7.11 Å². The largest absolute Gasteiger partial charge is 0.465 e. The smallest absolute Gasteiger partial charge is 0.347 e. The number of aromatic amines is 1. The molecule has 0 amide bonds. The van der Waals surface area contributed by atoms with Gasteiger partial charge in [-0.1, -0.05) is 0 Å². The number of carbonyl (C=O) groups excluding carboxylic acids is 1. The van der Waals surface area contributed by atoms with Gasteiger partial charge in [-0.2, -0.15) is 5.16 Å². The molecule has 5 heteroatoms. The first-order valence-corrected chi connectivity index (χ1v) is 2.93. The molecule has 0 aliphatic rings. The second-order valence-corrected chi connectivity index (χ2v) is 1.96. The van der Waals surface area contributed by atoms with E-state index in [0.29, 0.717) is 0 Å². The van der Waals surface area contributed by atoms with Crippen molar-refractivity contribution in [3.63, 3.8) is 0 Å². The van der Waals surface area contributed by atoms with Gasteiger partial charge in [-0.05, 0) is 6.92 Å². The van der Waals surface area contributed by atoms with Crippen LogP contribution >= 0.6 is 0 Å². The fraction of sp³-hybridized carbons (Fsp3) is 0.333. The van der Waals surface area contributed by atoms with E-state index in [4.69, 9.17) is 0 Å². The molecule has 1 heterocycles. The van der Waals surface area contributed by atoms with Gasteiger partial charge in [-0.25, -0.2) is 4.79 Å². The maximum absolute atomic E-state index is 10.8. The number of rotatable bonds is 1. The Labute approximate surface area is 61.9 Å². The Morgan fingerprint density at radius 3 is 2.64 bits per heavy atom. The summed E-state index contributed by atoms with van der Waals surface area (Å²) in [5, 5.41) is 2.02. The lowest BCUT2D eigenvalue weighted by molar-refractivity contribution is 0.0597. The molecule has 0 spiro atoms. The Morgan fingerprint density at radius 1 is 1.64 bits per heavy atom. The third-order valence-electron chi connectivity index (χ3n) is 1.27. The average molecular weight is 157 g/mol. The monoisotopic (exact) mass is 157 g/mol. The Balaban J connectivity index is 3.21. The highest BCUT2D eigenvalue weighted by Gasteiger charge is 2.17. The van der Waals surface area contributed by atoms with E-state index >= 15 is 0 Å². The Morgan fingerprint density at radius 2 is 2.27 bits per heavy atom. The summed E-state index contributed by atoms with van der Waals surface area (Å²) in [6.07, 6.45) is 0.